The molecular weight excluding hydrogens is 212 g/mol. The van der Waals surface area contributed by atoms with Crippen LogP contribution >= 0.6 is 0 Å². The number of carbonyl (C=O) groups is 2. The van der Waals surface area contributed by atoms with E-state index < -0.39 is 12.0 Å². The molecule has 1 atom stereocenters. The Morgan fingerprint density at radius 2 is 2.31 bits per heavy atom. The van der Waals surface area contributed by atoms with Crippen LogP contribution in [0.1, 0.15) is 25.3 Å². The number of carboxylic acid groups (broad SMARTS) is 1. The first-order valence-electron chi connectivity index (χ1n) is 4.92. The predicted octanol–water partition coefficient (Wildman–Crippen LogP) is 0.852. The van der Waals surface area contributed by atoms with Crippen LogP contribution in [0.5, 0.6) is 0 Å². The summed E-state index contributed by atoms with van der Waals surface area (Å²) in [7, 11) is 1.31. The summed E-state index contributed by atoms with van der Waals surface area (Å²) in [6, 6.07) is -0.494. The number of imidazole rings is 1. The Hall–Kier alpha value is -1.85. The number of hydrogen-bond acceptors (Lipinski definition) is 4. The van der Waals surface area contributed by atoms with Crippen molar-refractivity contribution >= 4 is 11.9 Å². The maximum Gasteiger partial charge on any atom is 0.328 e. The number of aromatic nitrogens is 2. The van der Waals surface area contributed by atoms with Gasteiger partial charge >= 0.3 is 11.9 Å². The molecule has 0 bridgehead atoms. The molecule has 0 saturated heterocycles. The second-order valence-electron chi connectivity index (χ2n) is 3.33. The van der Waals surface area contributed by atoms with Gasteiger partial charge in [-0.25, -0.2) is 9.78 Å². The Morgan fingerprint density at radius 1 is 1.56 bits per heavy atom. The first-order chi connectivity index (χ1) is 7.65. The Morgan fingerprint density at radius 3 is 2.81 bits per heavy atom. The third kappa shape index (κ3) is 3.38. The highest BCUT2D eigenvalue weighted by atomic mass is 16.5. The van der Waals surface area contributed by atoms with E-state index in [1.807, 2.05) is 0 Å². The molecule has 6 nitrogen and oxygen atoms in total. The number of ether oxygens (including phenoxy) is 1. The van der Waals surface area contributed by atoms with Gasteiger partial charge in [0.1, 0.15) is 6.04 Å². The van der Waals surface area contributed by atoms with Crippen molar-refractivity contribution in [3.8, 4) is 0 Å². The zero-order chi connectivity index (χ0) is 12.0. The number of carboxylic acids is 1. The smallest absolute Gasteiger partial charge is 0.328 e. The van der Waals surface area contributed by atoms with Crippen LogP contribution < -0.4 is 0 Å². The number of esters is 1. The highest BCUT2D eigenvalue weighted by molar-refractivity contribution is 5.74. The fraction of sp³-hybridized carbons (Fsp3) is 0.500. The van der Waals surface area contributed by atoms with Gasteiger partial charge in [0, 0.05) is 18.8 Å². The molecule has 1 heterocycles. The first-order valence-corrected chi connectivity index (χ1v) is 4.92. The molecule has 0 aliphatic carbocycles. The molecule has 0 fully saturated rings. The van der Waals surface area contributed by atoms with E-state index in [0.29, 0.717) is 12.8 Å². The minimum absolute atomic E-state index is 0.0438. The Bertz CT molecular complexity index is 348. The average Bonchev–Trinajstić information content (AvgIpc) is 2.76. The highest BCUT2D eigenvalue weighted by Gasteiger charge is 2.20. The van der Waals surface area contributed by atoms with E-state index in [-0.39, 0.29) is 12.4 Å². The summed E-state index contributed by atoms with van der Waals surface area (Å²) < 4.78 is 6.28. The maximum absolute atomic E-state index is 11.5. The van der Waals surface area contributed by atoms with Crippen molar-refractivity contribution in [2.24, 2.45) is 0 Å². The van der Waals surface area contributed by atoms with Crippen LogP contribution in [0.4, 0.5) is 0 Å². The van der Waals surface area contributed by atoms with Crippen molar-refractivity contribution in [3.05, 3.63) is 18.7 Å². The second-order valence-corrected chi connectivity index (χ2v) is 3.33. The summed E-state index contributed by atoms with van der Waals surface area (Å²) in [4.78, 5) is 25.7. The molecule has 1 unspecified atom stereocenters. The van der Waals surface area contributed by atoms with Gasteiger partial charge in [-0.15, -0.1) is 0 Å². The minimum atomic E-state index is -0.866. The number of aliphatic carboxylic acids is 1. The summed E-state index contributed by atoms with van der Waals surface area (Å²) in [5.41, 5.74) is 0. The van der Waals surface area contributed by atoms with Crippen LogP contribution in [0.25, 0.3) is 0 Å². The molecular formula is C10H14N2O4. The quantitative estimate of drug-likeness (QED) is 0.727. The molecule has 1 aromatic rings. The summed E-state index contributed by atoms with van der Waals surface area (Å²) in [6.07, 6.45) is 5.63. The third-order valence-electron chi connectivity index (χ3n) is 2.23. The molecule has 1 rings (SSSR count). The van der Waals surface area contributed by atoms with Crippen LogP contribution in [-0.4, -0.2) is 33.7 Å². The van der Waals surface area contributed by atoms with E-state index >= 15 is 0 Å². The van der Waals surface area contributed by atoms with Gasteiger partial charge in [0.2, 0.25) is 0 Å². The van der Waals surface area contributed by atoms with E-state index in [9.17, 15) is 9.59 Å². The summed E-state index contributed by atoms with van der Waals surface area (Å²) in [5.74, 6) is -1.25. The molecule has 88 valence electrons. The monoisotopic (exact) mass is 226 g/mol. The number of methoxy groups -OCH3 is 1. The molecule has 1 aromatic heterocycles. The van der Waals surface area contributed by atoms with Crippen molar-refractivity contribution < 1.29 is 19.4 Å². The largest absolute Gasteiger partial charge is 0.481 e. The van der Waals surface area contributed by atoms with E-state index in [1.165, 1.54) is 13.4 Å². The Balaban J connectivity index is 2.59. The van der Waals surface area contributed by atoms with Crippen molar-refractivity contribution in [2.45, 2.75) is 25.3 Å². The van der Waals surface area contributed by atoms with Crippen molar-refractivity contribution in [3.63, 3.8) is 0 Å². The lowest BCUT2D eigenvalue weighted by molar-refractivity contribution is -0.145. The zero-order valence-electron chi connectivity index (χ0n) is 9.00. The Kier molecular flexibility index (Phi) is 4.50. The molecule has 0 aliphatic heterocycles. The van der Waals surface area contributed by atoms with Gasteiger partial charge in [0.15, 0.2) is 0 Å². The Labute approximate surface area is 92.9 Å². The standard InChI is InChI=1S/C10H14N2O4/c1-16-10(15)8(3-2-4-9(13)14)12-6-5-11-7-12/h5-8H,2-4H2,1H3,(H,13,14). The zero-order valence-corrected chi connectivity index (χ0v) is 9.00. The number of rotatable bonds is 6. The van der Waals surface area contributed by atoms with Gasteiger partial charge in [-0.3, -0.25) is 4.79 Å². The van der Waals surface area contributed by atoms with E-state index in [0.717, 1.165) is 0 Å². The summed E-state index contributed by atoms with van der Waals surface area (Å²) >= 11 is 0. The molecule has 0 aliphatic rings. The third-order valence-corrected chi connectivity index (χ3v) is 2.23. The lowest BCUT2D eigenvalue weighted by atomic mass is 10.1. The van der Waals surface area contributed by atoms with Gasteiger partial charge in [-0.2, -0.15) is 0 Å². The lowest BCUT2D eigenvalue weighted by Gasteiger charge is -2.15. The van der Waals surface area contributed by atoms with E-state index in [1.54, 1.807) is 17.0 Å². The fourth-order valence-corrected chi connectivity index (χ4v) is 1.43. The first kappa shape index (κ1) is 12.2. The second kappa shape index (κ2) is 5.89. The molecule has 16 heavy (non-hydrogen) atoms. The van der Waals surface area contributed by atoms with Crippen molar-refractivity contribution in [1.82, 2.24) is 9.55 Å². The molecule has 0 aromatic carbocycles. The normalized spacial score (nSPS) is 12.1. The SMILES string of the molecule is COC(=O)C(CCCC(=O)O)n1ccnc1. The molecule has 6 heteroatoms. The van der Waals surface area contributed by atoms with Crippen LogP contribution in [0.2, 0.25) is 0 Å². The summed E-state index contributed by atoms with van der Waals surface area (Å²) in [6.45, 7) is 0. The number of nitrogens with zero attached hydrogens (tertiary/aromatic N) is 2. The fourth-order valence-electron chi connectivity index (χ4n) is 1.43. The maximum atomic E-state index is 11.5. The topological polar surface area (TPSA) is 81.4 Å². The van der Waals surface area contributed by atoms with Gasteiger partial charge in [-0.05, 0) is 12.8 Å². The van der Waals surface area contributed by atoms with Crippen molar-refractivity contribution in [2.75, 3.05) is 7.11 Å². The molecule has 0 spiro atoms. The van der Waals surface area contributed by atoms with Crippen LogP contribution in [0.3, 0.4) is 0 Å². The van der Waals surface area contributed by atoms with Gasteiger partial charge in [-0.1, -0.05) is 0 Å². The van der Waals surface area contributed by atoms with Gasteiger partial charge in [0.25, 0.3) is 0 Å². The van der Waals surface area contributed by atoms with Crippen LogP contribution in [0.15, 0.2) is 18.7 Å². The number of carbonyl (C=O) groups excluding carboxylic acids is 1. The number of hydrogen-bond donors (Lipinski definition) is 1. The highest BCUT2D eigenvalue weighted by Crippen LogP contribution is 2.16. The van der Waals surface area contributed by atoms with Crippen LogP contribution in [-0.2, 0) is 14.3 Å². The lowest BCUT2D eigenvalue weighted by Crippen LogP contribution is -2.20. The molecule has 0 amide bonds. The van der Waals surface area contributed by atoms with E-state index in [4.69, 9.17) is 5.11 Å². The minimum Gasteiger partial charge on any atom is -0.481 e. The van der Waals surface area contributed by atoms with Gasteiger partial charge in [0.05, 0.1) is 13.4 Å². The van der Waals surface area contributed by atoms with Gasteiger partial charge < -0.3 is 14.4 Å². The molecule has 1 N–H and O–H groups in total. The molecule has 0 radical (unpaired) electrons. The average molecular weight is 226 g/mol. The summed E-state index contributed by atoms with van der Waals surface area (Å²) in [5, 5.41) is 8.52. The van der Waals surface area contributed by atoms with Crippen LogP contribution in [0, 0.1) is 0 Å². The van der Waals surface area contributed by atoms with E-state index in [2.05, 4.69) is 9.72 Å². The predicted molar refractivity (Wildman–Crippen MR) is 54.8 cm³/mol. The molecule has 0 saturated carbocycles. The van der Waals surface area contributed by atoms with Crippen molar-refractivity contribution in [1.29, 1.82) is 0 Å².